The second-order valence-corrected chi connectivity index (χ2v) is 4.47. The predicted molar refractivity (Wildman–Crippen MR) is 59.9 cm³/mol. The molecule has 0 amide bonds. The molecule has 1 aromatic carbocycles. The quantitative estimate of drug-likeness (QED) is 0.604. The molecule has 1 rings (SSSR count). The predicted octanol–water partition coefficient (Wildman–Crippen LogP) is 1.60. The van der Waals surface area contributed by atoms with Gasteiger partial charge in [-0.05, 0) is 30.5 Å². The average molecular weight is 227 g/mol. The van der Waals surface area contributed by atoms with E-state index in [1.165, 1.54) is 6.08 Å². The van der Waals surface area contributed by atoms with Crippen LogP contribution in [0.3, 0.4) is 0 Å². The number of anilines is 1. The van der Waals surface area contributed by atoms with Gasteiger partial charge in [-0.2, -0.15) is 8.42 Å². The van der Waals surface area contributed by atoms with Gasteiger partial charge in [0.05, 0.1) is 5.41 Å². The van der Waals surface area contributed by atoms with Crippen LogP contribution in [0, 0.1) is 0 Å². The molecule has 0 bridgehead atoms. The molecule has 0 aliphatic heterocycles. The minimum atomic E-state index is -3.99. The van der Waals surface area contributed by atoms with Crippen molar-refractivity contribution in [2.45, 2.75) is 12.8 Å². The first-order chi connectivity index (χ1) is 6.97. The SMILES string of the molecule is Nc1cccc(CCC=CS(=O)(=O)O)c1. The minimum absolute atomic E-state index is 0.545. The van der Waals surface area contributed by atoms with E-state index < -0.39 is 10.1 Å². The molecule has 0 radical (unpaired) electrons. The Hall–Kier alpha value is -1.33. The molecule has 0 aromatic heterocycles. The Kier molecular flexibility index (Phi) is 3.88. The first-order valence-electron chi connectivity index (χ1n) is 4.46. The first kappa shape index (κ1) is 11.7. The molecule has 15 heavy (non-hydrogen) atoms. The normalized spacial score (nSPS) is 12.1. The number of hydrogen-bond acceptors (Lipinski definition) is 3. The lowest BCUT2D eigenvalue weighted by atomic mass is 10.1. The summed E-state index contributed by atoms with van der Waals surface area (Å²) in [5, 5.41) is 0.791. The van der Waals surface area contributed by atoms with E-state index in [2.05, 4.69) is 0 Å². The smallest absolute Gasteiger partial charge is 0.287 e. The summed E-state index contributed by atoms with van der Waals surface area (Å²) in [4.78, 5) is 0. The highest BCUT2D eigenvalue weighted by atomic mass is 32.2. The lowest BCUT2D eigenvalue weighted by Gasteiger charge is -1.99. The highest BCUT2D eigenvalue weighted by molar-refractivity contribution is 7.88. The Labute approximate surface area is 89.2 Å². The molecule has 5 heteroatoms. The monoisotopic (exact) mass is 227 g/mol. The summed E-state index contributed by atoms with van der Waals surface area (Å²) in [6.07, 6.45) is 2.65. The Morgan fingerprint density at radius 1 is 1.40 bits per heavy atom. The molecule has 0 heterocycles. The molecular weight excluding hydrogens is 214 g/mol. The van der Waals surface area contributed by atoms with Crippen LogP contribution in [-0.4, -0.2) is 13.0 Å². The zero-order valence-electron chi connectivity index (χ0n) is 8.13. The molecule has 1 aromatic rings. The molecule has 0 spiro atoms. The molecule has 4 nitrogen and oxygen atoms in total. The summed E-state index contributed by atoms with van der Waals surface area (Å²) in [6, 6.07) is 7.38. The molecule has 0 saturated carbocycles. The standard InChI is InChI=1S/C10H13NO3S/c11-10-6-3-5-9(8-10)4-1-2-7-15(12,13)14/h2-3,5-8H,1,4,11H2,(H,12,13,14). The third-order valence-electron chi connectivity index (χ3n) is 1.82. The fraction of sp³-hybridized carbons (Fsp3) is 0.200. The van der Waals surface area contributed by atoms with Gasteiger partial charge in [-0.25, -0.2) is 0 Å². The number of rotatable bonds is 4. The van der Waals surface area contributed by atoms with E-state index >= 15 is 0 Å². The van der Waals surface area contributed by atoms with E-state index in [0.717, 1.165) is 11.0 Å². The van der Waals surface area contributed by atoms with Crippen LogP contribution in [0.25, 0.3) is 0 Å². The highest BCUT2D eigenvalue weighted by Crippen LogP contribution is 2.09. The Morgan fingerprint density at radius 2 is 2.13 bits per heavy atom. The zero-order valence-corrected chi connectivity index (χ0v) is 8.94. The van der Waals surface area contributed by atoms with Crippen molar-refractivity contribution < 1.29 is 13.0 Å². The van der Waals surface area contributed by atoms with Crippen molar-refractivity contribution in [2.24, 2.45) is 0 Å². The van der Waals surface area contributed by atoms with Crippen LogP contribution in [0.5, 0.6) is 0 Å². The lowest BCUT2D eigenvalue weighted by Crippen LogP contribution is -1.91. The number of benzene rings is 1. The van der Waals surface area contributed by atoms with E-state index in [4.69, 9.17) is 10.3 Å². The summed E-state index contributed by atoms with van der Waals surface area (Å²) in [7, 11) is -3.99. The number of aryl methyl sites for hydroxylation is 1. The molecule has 0 aliphatic carbocycles. The van der Waals surface area contributed by atoms with Gasteiger partial charge < -0.3 is 5.73 Å². The maximum absolute atomic E-state index is 10.3. The third kappa shape index (κ3) is 5.19. The van der Waals surface area contributed by atoms with Crippen LogP contribution in [0.4, 0.5) is 5.69 Å². The highest BCUT2D eigenvalue weighted by Gasteiger charge is 1.95. The van der Waals surface area contributed by atoms with Gasteiger partial charge in [-0.3, -0.25) is 4.55 Å². The van der Waals surface area contributed by atoms with E-state index in [9.17, 15) is 8.42 Å². The summed E-state index contributed by atoms with van der Waals surface area (Å²) in [5.74, 6) is 0. The molecule has 0 aliphatic rings. The van der Waals surface area contributed by atoms with Gasteiger partial charge in [0.2, 0.25) is 0 Å². The molecule has 3 N–H and O–H groups in total. The van der Waals surface area contributed by atoms with Crippen LogP contribution >= 0.6 is 0 Å². The van der Waals surface area contributed by atoms with E-state index in [0.29, 0.717) is 18.5 Å². The fourth-order valence-corrected chi connectivity index (χ4v) is 1.57. The van der Waals surface area contributed by atoms with Crippen molar-refractivity contribution in [1.29, 1.82) is 0 Å². The first-order valence-corrected chi connectivity index (χ1v) is 5.96. The van der Waals surface area contributed by atoms with E-state index in [1.807, 2.05) is 18.2 Å². The number of nitrogen functional groups attached to an aromatic ring is 1. The maximum Gasteiger partial charge on any atom is 0.287 e. The third-order valence-corrected chi connectivity index (χ3v) is 2.36. The Bertz CT molecular complexity index is 451. The van der Waals surface area contributed by atoms with Crippen LogP contribution in [0.15, 0.2) is 35.7 Å². The summed E-state index contributed by atoms with van der Waals surface area (Å²) >= 11 is 0. The van der Waals surface area contributed by atoms with Gasteiger partial charge in [0.1, 0.15) is 0 Å². The van der Waals surface area contributed by atoms with Gasteiger partial charge in [0, 0.05) is 5.69 Å². The number of hydrogen-bond donors (Lipinski definition) is 2. The molecule has 0 fully saturated rings. The maximum atomic E-state index is 10.3. The van der Waals surface area contributed by atoms with Crippen LogP contribution < -0.4 is 5.73 Å². The van der Waals surface area contributed by atoms with Crippen molar-refractivity contribution in [3.05, 3.63) is 41.3 Å². The average Bonchev–Trinajstić information content (AvgIpc) is 2.11. The lowest BCUT2D eigenvalue weighted by molar-refractivity contribution is 0.494. The van der Waals surface area contributed by atoms with Crippen molar-refractivity contribution >= 4 is 15.8 Å². The van der Waals surface area contributed by atoms with Crippen molar-refractivity contribution in [1.82, 2.24) is 0 Å². The van der Waals surface area contributed by atoms with Crippen LogP contribution in [-0.2, 0) is 16.5 Å². The van der Waals surface area contributed by atoms with Gasteiger partial charge in [-0.15, -0.1) is 0 Å². The van der Waals surface area contributed by atoms with E-state index in [-0.39, 0.29) is 0 Å². The van der Waals surface area contributed by atoms with Crippen molar-refractivity contribution in [3.8, 4) is 0 Å². The Balaban J connectivity index is 2.48. The number of allylic oxidation sites excluding steroid dienone is 1. The van der Waals surface area contributed by atoms with Gasteiger partial charge in [0.15, 0.2) is 0 Å². The zero-order chi connectivity index (χ0) is 11.3. The summed E-state index contributed by atoms with van der Waals surface area (Å²) < 4.78 is 29.1. The summed E-state index contributed by atoms with van der Waals surface area (Å²) in [5.41, 5.74) is 7.30. The largest absolute Gasteiger partial charge is 0.399 e. The number of nitrogens with two attached hydrogens (primary N) is 1. The fourth-order valence-electron chi connectivity index (χ4n) is 1.19. The van der Waals surface area contributed by atoms with Gasteiger partial charge in [-0.1, -0.05) is 18.2 Å². The van der Waals surface area contributed by atoms with E-state index in [1.54, 1.807) is 6.07 Å². The molecule has 0 unspecified atom stereocenters. The topological polar surface area (TPSA) is 80.4 Å². The molecule has 82 valence electrons. The van der Waals surface area contributed by atoms with Crippen molar-refractivity contribution in [3.63, 3.8) is 0 Å². The van der Waals surface area contributed by atoms with Crippen LogP contribution in [0.2, 0.25) is 0 Å². The minimum Gasteiger partial charge on any atom is -0.399 e. The molecular formula is C10H13NO3S. The van der Waals surface area contributed by atoms with Gasteiger partial charge >= 0.3 is 0 Å². The van der Waals surface area contributed by atoms with Crippen LogP contribution in [0.1, 0.15) is 12.0 Å². The summed E-state index contributed by atoms with van der Waals surface area (Å²) in [6.45, 7) is 0. The van der Waals surface area contributed by atoms with Crippen molar-refractivity contribution in [2.75, 3.05) is 5.73 Å². The second kappa shape index (κ2) is 4.95. The van der Waals surface area contributed by atoms with Gasteiger partial charge in [0.25, 0.3) is 10.1 Å². The molecule has 0 atom stereocenters. The Morgan fingerprint density at radius 3 is 2.73 bits per heavy atom. The molecule has 0 saturated heterocycles. The second-order valence-electron chi connectivity index (χ2n) is 3.17.